The molecule has 2 heterocycles. The summed E-state index contributed by atoms with van der Waals surface area (Å²) in [5, 5.41) is 13.9. The van der Waals surface area contributed by atoms with Gasteiger partial charge < -0.3 is 5.73 Å². The van der Waals surface area contributed by atoms with Crippen LogP contribution in [0, 0.1) is 17.2 Å². The van der Waals surface area contributed by atoms with E-state index in [9.17, 15) is 13.2 Å². The summed E-state index contributed by atoms with van der Waals surface area (Å²) in [6, 6.07) is 3.32. The fraction of sp³-hybridized carbons (Fsp3) is 0.364. The van der Waals surface area contributed by atoms with Crippen molar-refractivity contribution in [2.45, 2.75) is 6.42 Å². The number of carbonyl (C=O) groups excluding carboxylic acids is 1. The van der Waals surface area contributed by atoms with Crippen LogP contribution in [0.25, 0.3) is 0 Å². The number of rotatable bonds is 3. The first-order chi connectivity index (χ1) is 9.71. The van der Waals surface area contributed by atoms with Gasteiger partial charge in [-0.3, -0.25) is 9.69 Å². The molecule has 4 N–H and O–H groups in total. The largest absolute Gasteiger partial charge is 0.397 e. The number of nitriles is 1. The Balaban J connectivity index is 2.28. The summed E-state index contributed by atoms with van der Waals surface area (Å²) < 4.78 is 22.4. The van der Waals surface area contributed by atoms with Crippen LogP contribution in [0.5, 0.6) is 0 Å². The van der Waals surface area contributed by atoms with Crippen LogP contribution in [-0.2, 0) is 14.8 Å². The number of hydrogen-bond donors (Lipinski definition) is 2. The highest BCUT2D eigenvalue weighted by molar-refractivity contribution is 9.10. The molecule has 1 amide bonds. The molecule has 0 radical (unpaired) electrons. The predicted octanol–water partition coefficient (Wildman–Crippen LogP) is -0.0606. The highest BCUT2D eigenvalue weighted by Crippen LogP contribution is 2.29. The standard InChI is InChI=1S/C11H12BrN5O3S/c12-11-7(3-13)8(14)2-9(16-11)17-4-6(1-10(17)18)5-21(15,19)20/h2,6H,1,4-5H2,(H2,14,16)(H2,15,19,20). The number of primary sulfonamides is 1. The van der Waals surface area contributed by atoms with E-state index < -0.39 is 10.0 Å². The predicted molar refractivity (Wildman–Crippen MR) is 79.5 cm³/mol. The third kappa shape index (κ3) is 3.49. The van der Waals surface area contributed by atoms with Crippen molar-refractivity contribution in [1.82, 2.24) is 4.98 Å². The van der Waals surface area contributed by atoms with Gasteiger partial charge >= 0.3 is 0 Å². The highest BCUT2D eigenvalue weighted by Gasteiger charge is 2.34. The Morgan fingerprint density at radius 3 is 2.76 bits per heavy atom. The summed E-state index contributed by atoms with van der Waals surface area (Å²) in [4.78, 5) is 17.4. The van der Waals surface area contributed by atoms with Gasteiger partial charge in [0.2, 0.25) is 15.9 Å². The Labute approximate surface area is 129 Å². The first kappa shape index (κ1) is 15.7. The second kappa shape index (κ2) is 5.59. The van der Waals surface area contributed by atoms with E-state index in [4.69, 9.17) is 16.1 Å². The number of nitrogens with two attached hydrogens (primary N) is 2. The SMILES string of the molecule is N#Cc1c(N)cc(N2CC(CS(N)(=O)=O)CC2=O)nc1Br. The third-order valence-electron chi connectivity index (χ3n) is 3.05. The van der Waals surface area contributed by atoms with Crippen molar-refractivity contribution < 1.29 is 13.2 Å². The molecule has 112 valence electrons. The number of nitrogen functional groups attached to an aromatic ring is 1. The molecule has 2 rings (SSSR count). The van der Waals surface area contributed by atoms with Crippen LogP contribution in [0.3, 0.4) is 0 Å². The number of carbonyl (C=O) groups is 1. The summed E-state index contributed by atoms with van der Waals surface area (Å²) in [5.41, 5.74) is 6.11. The summed E-state index contributed by atoms with van der Waals surface area (Å²) in [6.45, 7) is 0.194. The van der Waals surface area contributed by atoms with E-state index in [1.54, 1.807) is 0 Å². The average Bonchev–Trinajstić information content (AvgIpc) is 2.67. The van der Waals surface area contributed by atoms with Crippen LogP contribution >= 0.6 is 15.9 Å². The Hall–Kier alpha value is -1.70. The number of nitrogens with zero attached hydrogens (tertiary/aromatic N) is 3. The molecule has 1 saturated heterocycles. The molecule has 1 aromatic rings. The molecule has 8 nitrogen and oxygen atoms in total. The van der Waals surface area contributed by atoms with Crippen LogP contribution in [0.2, 0.25) is 0 Å². The molecule has 0 aromatic carbocycles. The lowest BCUT2D eigenvalue weighted by atomic mass is 10.1. The smallest absolute Gasteiger partial charge is 0.228 e. The van der Waals surface area contributed by atoms with Crippen LogP contribution in [-0.4, -0.2) is 31.6 Å². The van der Waals surface area contributed by atoms with Crippen molar-refractivity contribution in [2.75, 3.05) is 22.9 Å². The van der Waals surface area contributed by atoms with Gasteiger partial charge in [-0.05, 0) is 15.9 Å². The number of halogens is 1. The van der Waals surface area contributed by atoms with E-state index in [2.05, 4.69) is 20.9 Å². The van der Waals surface area contributed by atoms with Crippen molar-refractivity contribution in [3.8, 4) is 6.07 Å². The lowest BCUT2D eigenvalue weighted by Crippen LogP contribution is -2.28. The molecule has 1 aliphatic rings. The summed E-state index contributed by atoms with van der Waals surface area (Å²) in [5.74, 6) is -0.625. The van der Waals surface area contributed by atoms with Crippen molar-refractivity contribution in [3.63, 3.8) is 0 Å². The first-order valence-electron chi connectivity index (χ1n) is 5.88. The van der Waals surface area contributed by atoms with Gasteiger partial charge in [-0.2, -0.15) is 5.26 Å². The quantitative estimate of drug-likeness (QED) is 0.710. The van der Waals surface area contributed by atoms with Crippen molar-refractivity contribution >= 4 is 43.4 Å². The van der Waals surface area contributed by atoms with Crippen molar-refractivity contribution in [3.05, 3.63) is 16.2 Å². The molecule has 10 heteroatoms. The Morgan fingerprint density at radius 2 is 2.24 bits per heavy atom. The van der Waals surface area contributed by atoms with Gasteiger partial charge in [0.05, 0.1) is 11.4 Å². The van der Waals surface area contributed by atoms with Gasteiger partial charge in [0.25, 0.3) is 0 Å². The zero-order chi connectivity index (χ0) is 15.8. The lowest BCUT2D eigenvalue weighted by Gasteiger charge is -2.16. The number of aromatic nitrogens is 1. The first-order valence-corrected chi connectivity index (χ1v) is 8.39. The van der Waals surface area contributed by atoms with Gasteiger partial charge in [-0.25, -0.2) is 18.5 Å². The fourth-order valence-electron chi connectivity index (χ4n) is 2.21. The number of sulfonamides is 1. The van der Waals surface area contributed by atoms with E-state index in [-0.39, 0.29) is 52.2 Å². The maximum absolute atomic E-state index is 12.0. The summed E-state index contributed by atoms with van der Waals surface area (Å²) in [7, 11) is -3.64. The zero-order valence-corrected chi connectivity index (χ0v) is 13.2. The molecule has 0 aliphatic carbocycles. The van der Waals surface area contributed by atoms with Crippen molar-refractivity contribution in [2.24, 2.45) is 11.1 Å². The van der Waals surface area contributed by atoms with Gasteiger partial charge in [-0.15, -0.1) is 0 Å². The summed E-state index contributed by atoms with van der Waals surface area (Å²) in [6.07, 6.45) is 0.0790. The number of hydrogen-bond acceptors (Lipinski definition) is 6. The maximum Gasteiger partial charge on any atom is 0.228 e. The molecule has 1 atom stereocenters. The van der Waals surface area contributed by atoms with Crippen LogP contribution in [0.4, 0.5) is 11.5 Å². The topological polar surface area (TPSA) is 143 Å². The van der Waals surface area contributed by atoms with Crippen LogP contribution < -0.4 is 15.8 Å². The lowest BCUT2D eigenvalue weighted by molar-refractivity contribution is -0.117. The van der Waals surface area contributed by atoms with E-state index in [1.165, 1.54) is 11.0 Å². The number of anilines is 2. The molecule has 1 unspecified atom stereocenters. The Morgan fingerprint density at radius 1 is 1.57 bits per heavy atom. The van der Waals surface area contributed by atoms with E-state index in [0.29, 0.717) is 0 Å². The normalized spacial score (nSPS) is 18.8. The van der Waals surface area contributed by atoms with Gasteiger partial charge in [0, 0.05) is 24.9 Å². The van der Waals surface area contributed by atoms with Gasteiger partial charge in [0.15, 0.2) is 0 Å². The number of amides is 1. The minimum Gasteiger partial charge on any atom is -0.397 e. The zero-order valence-electron chi connectivity index (χ0n) is 10.8. The minimum atomic E-state index is -3.64. The minimum absolute atomic E-state index is 0.0790. The Bertz CT molecular complexity index is 720. The molecule has 1 aliphatic heterocycles. The molecular weight excluding hydrogens is 362 g/mol. The van der Waals surface area contributed by atoms with Gasteiger partial charge in [-0.1, -0.05) is 0 Å². The monoisotopic (exact) mass is 373 g/mol. The molecule has 21 heavy (non-hydrogen) atoms. The highest BCUT2D eigenvalue weighted by atomic mass is 79.9. The molecule has 0 spiro atoms. The molecule has 0 bridgehead atoms. The number of pyridine rings is 1. The van der Waals surface area contributed by atoms with Crippen LogP contribution in [0.1, 0.15) is 12.0 Å². The summed E-state index contributed by atoms with van der Waals surface area (Å²) >= 11 is 3.12. The molecular formula is C11H12BrN5O3S. The average molecular weight is 374 g/mol. The van der Waals surface area contributed by atoms with Gasteiger partial charge in [0.1, 0.15) is 22.1 Å². The van der Waals surface area contributed by atoms with Crippen LogP contribution in [0.15, 0.2) is 10.7 Å². The van der Waals surface area contributed by atoms with Crippen molar-refractivity contribution in [1.29, 1.82) is 5.26 Å². The third-order valence-corrected chi connectivity index (χ3v) is 4.56. The Kier molecular flexibility index (Phi) is 4.18. The van der Waals surface area contributed by atoms with E-state index in [0.717, 1.165) is 0 Å². The van der Waals surface area contributed by atoms with E-state index in [1.807, 2.05) is 6.07 Å². The molecule has 1 aromatic heterocycles. The maximum atomic E-state index is 12.0. The second-order valence-corrected chi connectivity index (χ2v) is 7.16. The second-order valence-electron chi connectivity index (χ2n) is 4.75. The molecule has 1 fully saturated rings. The fourth-order valence-corrected chi connectivity index (χ4v) is 3.59. The molecule has 0 saturated carbocycles. The van der Waals surface area contributed by atoms with E-state index >= 15 is 0 Å².